The molecule has 1 saturated carbocycles. The molecule has 0 unspecified atom stereocenters. The highest BCUT2D eigenvalue weighted by Crippen LogP contribution is 2.21. The van der Waals surface area contributed by atoms with Crippen molar-refractivity contribution < 1.29 is 19.0 Å². The number of nitrogens with zero attached hydrogens (tertiary/aromatic N) is 1. The van der Waals surface area contributed by atoms with Crippen LogP contribution in [0.4, 0.5) is 0 Å². The van der Waals surface area contributed by atoms with E-state index in [9.17, 15) is 4.79 Å². The topological polar surface area (TPSA) is 81.2 Å². The molecule has 1 fully saturated rings. The summed E-state index contributed by atoms with van der Waals surface area (Å²) in [7, 11) is 4.63. The van der Waals surface area contributed by atoms with Gasteiger partial charge in [-0.3, -0.25) is 4.99 Å². The van der Waals surface area contributed by atoms with Crippen LogP contribution in [0.15, 0.2) is 23.2 Å². The summed E-state index contributed by atoms with van der Waals surface area (Å²) in [5.74, 6) is 0.795. The molecule has 0 heterocycles. The molecule has 1 aromatic carbocycles. The van der Waals surface area contributed by atoms with Crippen molar-refractivity contribution in [1.82, 2.24) is 10.6 Å². The summed E-state index contributed by atoms with van der Waals surface area (Å²) in [6.45, 7) is 2.10. The molecule has 0 spiro atoms. The first-order valence-electron chi connectivity index (χ1n) is 9.99. The zero-order valence-electron chi connectivity index (χ0n) is 17.3. The maximum Gasteiger partial charge on any atom is 0.341 e. The fraction of sp³-hybridized carbons (Fsp3) is 0.619. The van der Waals surface area contributed by atoms with Crippen LogP contribution in [0.1, 0.15) is 54.4 Å². The van der Waals surface area contributed by atoms with E-state index < -0.39 is 5.97 Å². The van der Waals surface area contributed by atoms with Gasteiger partial charge in [-0.1, -0.05) is 25.3 Å². The Morgan fingerprint density at radius 2 is 1.96 bits per heavy atom. The van der Waals surface area contributed by atoms with Gasteiger partial charge in [-0.05, 0) is 37.0 Å². The van der Waals surface area contributed by atoms with E-state index >= 15 is 0 Å². The van der Waals surface area contributed by atoms with Crippen LogP contribution in [-0.2, 0) is 16.0 Å². The summed E-state index contributed by atoms with van der Waals surface area (Å²) >= 11 is 0. The van der Waals surface area contributed by atoms with E-state index in [-0.39, 0.29) is 0 Å². The minimum atomic E-state index is -0.417. The maximum atomic E-state index is 11.9. The van der Waals surface area contributed by atoms with E-state index in [2.05, 4.69) is 15.6 Å². The van der Waals surface area contributed by atoms with Gasteiger partial charge in [0.05, 0.1) is 20.3 Å². The van der Waals surface area contributed by atoms with Crippen molar-refractivity contribution >= 4 is 11.9 Å². The Bertz CT molecular complexity index is 643. The average Bonchev–Trinajstić information content (AvgIpc) is 2.75. The first-order valence-corrected chi connectivity index (χ1v) is 9.99. The highest BCUT2D eigenvalue weighted by atomic mass is 16.5. The smallest absolute Gasteiger partial charge is 0.341 e. The fourth-order valence-electron chi connectivity index (χ4n) is 3.30. The molecule has 7 nitrogen and oxygen atoms in total. The van der Waals surface area contributed by atoms with E-state index in [1.807, 2.05) is 6.07 Å². The second-order valence-corrected chi connectivity index (χ2v) is 6.86. The third-order valence-electron chi connectivity index (χ3n) is 4.87. The summed E-state index contributed by atoms with van der Waals surface area (Å²) in [5.41, 5.74) is 1.34. The molecular formula is C21H33N3O4. The first kappa shape index (κ1) is 22.0. The molecule has 28 heavy (non-hydrogen) atoms. The first-order chi connectivity index (χ1) is 13.7. The van der Waals surface area contributed by atoms with Gasteiger partial charge in [0.15, 0.2) is 5.96 Å². The van der Waals surface area contributed by atoms with Crippen molar-refractivity contribution in [3.63, 3.8) is 0 Å². The molecule has 0 amide bonds. The van der Waals surface area contributed by atoms with E-state index in [4.69, 9.17) is 14.2 Å². The number of guanidine groups is 1. The number of rotatable bonds is 9. The minimum Gasteiger partial charge on any atom is -0.496 e. The average molecular weight is 392 g/mol. The largest absolute Gasteiger partial charge is 0.496 e. The Labute approximate surface area is 167 Å². The van der Waals surface area contributed by atoms with Crippen LogP contribution < -0.4 is 15.4 Å². The number of carbonyl (C=O) groups excluding carboxylic acids is 1. The molecule has 0 saturated heterocycles. The van der Waals surface area contributed by atoms with Gasteiger partial charge in [0, 0.05) is 26.7 Å². The van der Waals surface area contributed by atoms with Crippen LogP contribution in [0.5, 0.6) is 5.75 Å². The number of ether oxygens (including phenoxy) is 3. The Kier molecular flexibility index (Phi) is 9.62. The molecular weight excluding hydrogens is 358 g/mol. The number of aliphatic imine (C=N–C) groups is 1. The maximum absolute atomic E-state index is 11.9. The summed E-state index contributed by atoms with van der Waals surface area (Å²) in [6.07, 6.45) is 7.72. The van der Waals surface area contributed by atoms with Crippen molar-refractivity contribution in [2.45, 2.75) is 51.2 Å². The molecule has 2 rings (SSSR count). The highest BCUT2D eigenvalue weighted by molar-refractivity contribution is 5.92. The van der Waals surface area contributed by atoms with Gasteiger partial charge in [-0.25, -0.2) is 4.79 Å². The fourth-order valence-corrected chi connectivity index (χ4v) is 3.30. The third-order valence-corrected chi connectivity index (χ3v) is 4.87. The van der Waals surface area contributed by atoms with E-state index in [0.29, 0.717) is 29.9 Å². The lowest BCUT2D eigenvalue weighted by Gasteiger charge is -2.22. The zero-order valence-corrected chi connectivity index (χ0v) is 17.3. The van der Waals surface area contributed by atoms with Crippen LogP contribution in [0.25, 0.3) is 0 Å². The number of methoxy groups -OCH3 is 2. The van der Waals surface area contributed by atoms with Crippen molar-refractivity contribution in [1.29, 1.82) is 0 Å². The predicted octanol–water partition coefficient (Wildman–Crippen LogP) is 2.89. The summed E-state index contributed by atoms with van der Waals surface area (Å²) in [6, 6.07) is 5.44. The quantitative estimate of drug-likeness (QED) is 0.292. The third kappa shape index (κ3) is 7.03. The lowest BCUT2D eigenvalue weighted by Crippen LogP contribution is -2.37. The molecule has 0 radical (unpaired) electrons. The monoisotopic (exact) mass is 391 g/mol. The van der Waals surface area contributed by atoms with Gasteiger partial charge in [-0.15, -0.1) is 0 Å². The Balaban J connectivity index is 1.73. The molecule has 1 aliphatic rings. The molecule has 1 aromatic rings. The van der Waals surface area contributed by atoms with E-state index in [0.717, 1.165) is 25.1 Å². The Morgan fingerprint density at radius 1 is 1.18 bits per heavy atom. The number of hydrogen-bond donors (Lipinski definition) is 2. The van der Waals surface area contributed by atoms with Gasteiger partial charge < -0.3 is 24.8 Å². The molecule has 0 bridgehead atoms. The molecule has 0 aromatic heterocycles. The number of nitrogens with one attached hydrogen (secondary N) is 2. The summed E-state index contributed by atoms with van der Waals surface area (Å²) in [4.78, 5) is 16.1. The summed E-state index contributed by atoms with van der Waals surface area (Å²) in [5, 5.41) is 6.54. The highest BCUT2D eigenvalue weighted by Gasteiger charge is 2.14. The van der Waals surface area contributed by atoms with E-state index in [1.165, 1.54) is 46.3 Å². The zero-order chi connectivity index (χ0) is 20.2. The van der Waals surface area contributed by atoms with Gasteiger partial charge >= 0.3 is 5.97 Å². The van der Waals surface area contributed by atoms with Crippen LogP contribution in [-0.4, -0.2) is 52.5 Å². The van der Waals surface area contributed by atoms with E-state index in [1.54, 1.807) is 19.2 Å². The number of hydrogen-bond acceptors (Lipinski definition) is 5. The standard InChI is InChI=1S/C21H33N3O4/c1-22-21(23-12-7-13-28-17-8-5-4-6-9-17)24-15-16-10-11-19(26-2)18(14-16)20(25)27-3/h10-11,14,17H,4-9,12-13,15H2,1-3H3,(H2,22,23,24). The molecule has 2 N–H and O–H groups in total. The number of benzene rings is 1. The molecule has 0 aliphatic heterocycles. The van der Waals surface area contributed by atoms with Crippen LogP contribution in [0.3, 0.4) is 0 Å². The molecule has 0 atom stereocenters. The normalized spacial score (nSPS) is 15.2. The van der Waals surface area contributed by atoms with Crippen molar-refractivity contribution in [3.05, 3.63) is 29.3 Å². The van der Waals surface area contributed by atoms with Gasteiger partial charge in [-0.2, -0.15) is 0 Å². The predicted molar refractivity (Wildman–Crippen MR) is 110 cm³/mol. The molecule has 1 aliphatic carbocycles. The number of esters is 1. The van der Waals surface area contributed by atoms with Gasteiger partial charge in [0.25, 0.3) is 0 Å². The molecule has 156 valence electrons. The Hall–Kier alpha value is -2.28. The van der Waals surface area contributed by atoms with Crippen LogP contribution in [0, 0.1) is 0 Å². The van der Waals surface area contributed by atoms with Crippen LogP contribution >= 0.6 is 0 Å². The van der Waals surface area contributed by atoms with Crippen molar-refractivity contribution in [2.24, 2.45) is 4.99 Å². The SMILES string of the molecule is CN=C(NCCCOC1CCCCC1)NCc1ccc(OC)c(C(=O)OC)c1. The summed E-state index contributed by atoms with van der Waals surface area (Å²) < 4.78 is 16.0. The second-order valence-electron chi connectivity index (χ2n) is 6.86. The lowest BCUT2D eigenvalue weighted by atomic mass is 9.98. The lowest BCUT2D eigenvalue weighted by molar-refractivity contribution is 0.0277. The second kappa shape index (κ2) is 12.2. The van der Waals surface area contributed by atoms with Gasteiger partial charge in [0.2, 0.25) is 0 Å². The number of carbonyl (C=O) groups is 1. The Morgan fingerprint density at radius 3 is 2.64 bits per heavy atom. The molecule has 7 heteroatoms. The van der Waals surface area contributed by atoms with Crippen molar-refractivity contribution in [2.75, 3.05) is 34.4 Å². The minimum absolute atomic E-state index is 0.409. The van der Waals surface area contributed by atoms with Crippen LogP contribution in [0.2, 0.25) is 0 Å². The van der Waals surface area contributed by atoms with Gasteiger partial charge in [0.1, 0.15) is 11.3 Å². The van der Waals surface area contributed by atoms with Crippen molar-refractivity contribution in [3.8, 4) is 5.75 Å².